The van der Waals surface area contributed by atoms with Crippen LogP contribution in [-0.2, 0) is 21.2 Å². The van der Waals surface area contributed by atoms with Crippen molar-refractivity contribution in [3.63, 3.8) is 0 Å². The van der Waals surface area contributed by atoms with Crippen LogP contribution < -0.4 is 15.2 Å². The van der Waals surface area contributed by atoms with Crippen molar-refractivity contribution in [1.29, 1.82) is 0 Å². The predicted molar refractivity (Wildman–Crippen MR) is 103 cm³/mol. The Labute approximate surface area is 161 Å². The van der Waals surface area contributed by atoms with Crippen LogP contribution in [0.5, 0.6) is 5.88 Å². The first kappa shape index (κ1) is 19.1. The number of rotatable bonds is 5. The van der Waals surface area contributed by atoms with Gasteiger partial charge in [-0.05, 0) is 23.8 Å². The van der Waals surface area contributed by atoms with Gasteiger partial charge in [0.25, 0.3) is 0 Å². The number of sulfonamides is 1. The van der Waals surface area contributed by atoms with Crippen LogP contribution >= 0.6 is 11.6 Å². The van der Waals surface area contributed by atoms with E-state index >= 15 is 0 Å². The van der Waals surface area contributed by atoms with E-state index in [1.165, 1.54) is 25.4 Å². The Morgan fingerprint density at radius 1 is 1.26 bits per heavy atom. The third kappa shape index (κ3) is 4.36. The van der Waals surface area contributed by atoms with Crippen LogP contribution in [0.2, 0.25) is 5.02 Å². The highest BCUT2D eigenvalue weighted by atomic mass is 35.5. The topological polar surface area (TPSA) is 111 Å². The lowest BCUT2D eigenvalue weighted by molar-refractivity contribution is -0.115. The number of carbonyl (C=O) groups excluding carboxylic acids is 1. The summed E-state index contributed by atoms with van der Waals surface area (Å²) < 4.78 is 29.0. The van der Waals surface area contributed by atoms with Crippen molar-refractivity contribution in [3.05, 3.63) is 59.2 Å². The summed E-state index contributed by atoms with van der Waals surface area (Å²) in [5, 5.41) is 9.34. The van der Waals surface area contributed by atoms with Crippen molar-refractivity contribution >= 4 is 44.0 Å². The van der Waals surface area contributed by atoms with E-state index in [1.807, 2.05) is 0 Å². The Hall–Kier alpha value is -2.68. The van der Waals surface area contributed by atoms with Crippen molar-refractivity contribution in [2.24, 2.45) is 5.14 Å². The molecule has 1 aromatic heterocycles. The van der Waals surface area contributed by atoms with Gasteiger partial charge in [-0.1, -0.05) is 29.8 Å². The average molecular weight is 406 g/mol. The third-order valence-electron chi connectivity index (χ3n) is 3.88. The van der Waals surface area contributed by atoms with E-state index in [9.17, 15) is 13.2 Å². The van der Waals surface area contributed by atoms with Crippen molar-refractivity contribution in [1.82, 2.24) is 4.98 Å². The molecule has 0 spiro atoms. The lowest BCUT2D eigenvalue weighted by Gasteiger charge is -2.11. The molecule has 0 fully saturated rings. The number of methoxy groups -OCH3 is 1. The molecule has 3 aromatic rings. The fourth-order valence-electron chi connectivity index (χ4n) is 2.64. The Bertz CT molecular complexity index is 1130. The van der Waals surface area contributed by atoms with Gasteiger partial charge in [-0.3, -0.25) is 4.79 Å². The number of aromatic nitrogens is 1. The van der Waals surface area contributed by atoms with Crippen LogP contribution in [0, 0.1) is 0 Å². The van der Waals surface area contributed by atoms with Gasteiger partial charge < -0.3 is 10.1 Å². The van der Waals surface area contributed by atoms with Gasteiger partial charge in [0.2, 0.25) is 21.8 Å². The zero-order valence-corrected chi connectivity index (χ0v) is 15.8. The van der Waals surface area contributed by atoms with Gasteiger partial charge in [0.1, 0.15) is 0 Å². The van der Waals surface area contributed by atoms with E-state index in [0.29, 0.717) is 21.4 Å². The first-order valence-corrected chi connectivity index (χ1v) is 9.74. The Kier molecular flexibility index (Phi) is 5.31. The average Bonchev–Trinajstić information content (AvgIpc) is 2.61. The van der Waals surface area contributed by atoms with Gasteiger partial charge in [0.05, 0.1) is 18.4 Å². The summed E-state index contributed by atoms with van der Waals surface area (Å²) in [5.74, 6) is -0.0906. The zero-order valence-electron chi connectivity index (χ0n) is 14.3. The number of anilines is 1. The number of fused-ring (bicyclic) bond motifs is 1. The minimum Gasteiger partial charge on any atom is -0.481 e. The highest BCUT2D eigenvalue weighted by Crippen LogP contribution is 2.29. The maximum Gasteiger partial charge on any atom is 0.238 e. The quantitative estimate of drug-likeness (QED) is 0.677. The second-order valence-corrected chi connectivity index (χ2v) is 7.72. The molecular formula is C18H16ClN3O4S. The number of amides is 1. The molecule has 1 amide bonds. The number of halogens is 1. The SMILES string of the molecule is COc1cc2c(S(N)(=O)=O)cc(NC(=O)Cc3ccccc3Cl)cc2cn1. The van der Waals surface area contributed by atoms with Crippen LogP contribution in [0.4, 0.5) is 5.69 Å². The third-order valence-corrected chi connectivity index (χ3v) is 5.20. The summed E-state index contributed by atoms with van der Waals surface area (Å²) in [6.07, 6.45) is 1.50. The molecule has 0 radical (unpaired) electrons. The fourth-order valence-corrected chi connectivity index (χ4v) is 3.62. The molecule has 7 nitrogen and oxygen atoms in total. The van der Waals surface area contributed by atoms with Gasteiger partial charge >= 0.3 is 0 Å². The van der Waals surface area contributed by atoms with E-state index in [-0.39, 0.29) is 28.8 Å². The van der Waals surface area contributed by atoms with E-state index in [2.05, 4.69) is 10.3 Å². The molecule has 140 valence electrons. The molecular weight excluding hydrogens is 390 g/mol. The maximum atomic E-state index is 12.3. The number of hydrogen-bond acceptors (Lipinski definition) is 5. The summed E-state index contributed by atoms with van der Waals surface area (Å²) in [6.45, 7) is 0. The number of nitrogens with two attached hydrogens (primary N) is 1. The molecule has 0 aliphatic carbocycles. The summed E-state index contributed by atoms with van der Waals surface area (Å²) in [4.78, 5) is 16.3. The van der Waals surface area contributed by atoms with Crippen LogP contribution in [-0.4, -0.2) is 26.4 Å². The first-order valence-electron chi connectivity index (χ1n) is 7.82. The minimum absolute atomic E-state index is 0.0449. The van der Waals surface area contributed by atoms with Crippen molar-refractivity contribution in [2.75, 3.05) is 12.4 Å². The molecule has 9 heteroatoms. The molecule has 2 aromatic carbocycles. The molecule has 0 atom stereocenters. The van der Waals surface area contributed by atoms with E-state index in [0.717, 1.165) is 0 Å². The van der Waals surface area contributed by atoms with Crippen LogP contribution in [0.1, 0.15) is 5.56 Å². The number of primary sulfonamides is 1. The Morgan fingerprint density at radius 2 is 2.00 bits per heavy atom. The maximum absolute atomic E-state index is 12.3. The minimum atomic E-state index is -4.03. The van der Waals surface area contributed by atoms with Crippen molar-refractivity contribution in [2.45, 2.75) is 11.3 Å². The largest absolute Gasteiger partial charge is 0.481 e. The molecule has 0 aliphatic rings. The van der Waals surface area contributed by atoms with E-state index < -0.39 is 10.0 Å². The predicted octanol–water partition coefficient (Wildman–Crippen LogP) is 2.73. The molecule has 3 rings (SSSR count). The van der Waals surface area contributed by atoms with Crippen LogP contribution in [0.15, 0.2) is 53.6 Å². The molecule has 0 saturated heterocycles. The highest BCUT2D eigenvalue weighted by molar-refractivity contribution is 7.89. The number of pyridine rings is 1. The Balaban J connectivity index is 1.97. The standard InChI is InChI=1S/C18H16ClN3O4S/c1-26-18-9-14-12(10-21-18)6-13(8-16(14)27(20,24)25)22-17(23)7-11-4-2-3-5-15(11)19/h2-6,8-10H,7H2,1H3,(H,22,23)(H2,20,24,25). The van der Waals surface area contributed by atoms with Gasteiger partial charge in [0.15, 0.2) is 0 Å². The van der Waals surface area contributed by atoms with Gasteiger partial charge in [0, 0.05) is 33.7 Å². The van der Waals surface area contributed by atoms with Gasteiger partial charge in [-0.25, -0.2) is 18.5 Å². The van der Waals surface area contributed by atoms with Crippen molar-refractivity contribution in [3.8, 4) is 5.88 Å². The molecule has 0 unspecified atom stereocenters. The van der Waals surface area contributed by atoms with Crippen LogP contribution in [0.3, 0.4) is 0 Å². The van der Waals surface area contributed by atoms with Crippen molar-refractivity contribution < 1.29 is 17.9 Å². The lowest BCUT2D eigenvalue weighted by Crippen LogP contribution is -2.17. The second-order valence-electron chi connectivity index (χ2n) is 5.78. The number of ether oxygens (including phenoxy) is 1. The molecule has 0 aliphatic heterocycles. The number of benzene rings is 2. The molecule has 27 heavy (non-hydrogen) atoms. The Morgan fingerprint density at radius 3 is 2.67 bits per heavy atom. The summed E-state index contributed by atoms with van der Waals surface area (Å²) in [6, 6.07) is 11.4. The van der Waals surface area contributed by atoms with Gasteiger partial charge in [-0.15, -0.1) is 0 Å². The van der Waals surface area contributed by atoms with Crippen LogP contribution in [0.25, 0.3) is 10.8 Å². The van der Waals surface area contributed by atoms with Gasteiger partial charge in [-0.2, -0.15) is 0 Å². The first-order chi connectivity index (χ1) is 12.8. The molecule has 0 bridgehead atoms. The number of nitrogens with zero attached hydrogens (tertiary/aromatic N) is 1. The van der Waals surface area contributed by atoms with E-state index in [1.54, 1.807) is 30.3 Å². The molecule has 0 saturated carbocycles. The highest BCUT2D eigenvalue weighted by Gasteiger charge is 2.17. The monoisotopic (exact) mass is 405 g/mol. The molecule has 3 N–H and O–H groups in total. The number of nitrogens with one attached hydrogen (secondary N) is 1. The number of hydrogen-bond donors (Lipinski definition) is 2. The van der Waals surface area contributed by atoms with E-state index in [4.69, 9.17) is 21.5 Å². The summed E-state index contributed by atoms with van der Waals surface area (Å²) in [5.41, 5.74) is 0.950. The molecule has 1 heterocycles. The fraction of sp³-hybridized carbons (Fsp3) is 0.111. The zero-order chi connectivity index (χ0) is 19.6. The summed E-state index contributed by atoms with van der Waals surface area (Å²) >= 11 is 6.07. The second kappa shape index (κ2) is 7.51. The smallest absolute Gasteiger partial charge is 0.238 e. The normalized spacial score (nSPS) is 11.4. The number of carbonyl (C=O) groups is 1. The summed E-state index contributed by atoms with van der Waals surface area (Å²) in [7, 11) is -2.61. The lowest BCUT2D eigenvalue weighted by atomic mass is 10.1.